The number of rotatable bonds is 9. The predicted octanol–water partition coefficient (Wildman–Crippen LogP) is 4.15. The number of unbranched alkanes of at least 4 members (excludes halogenated alkanes) is 1. The van der Waals surface area contributed by atoms with Gasteiger partial charge < -0.3 is 20.6 Å². The minimum Gasteiger partial charge on any atom is -0.508 e. The van der Waals surface area contributed by atoms with E-state index in [0.29, 0.717) is 49.9 Å². The number of phenols is 1. The van der Waals surface area contributed by atoms with E-state index in [4.69, 9.17) is 5.26 Å². The van der Waals surface area contributed by atoms with Gasteiger partial charge in [0.1, 0.15) is 17.3 Å². The molecule has 3 rings (SSSR count). The van der Waals surface area contributed by atoms with E-state index in [1.165, 1.54) is 6.07 Å². The maximum atomic E-state index is 13.1. The Labute approximate surface area is 181 Å². The molecule has 3 N–H and O–H groups in total. The molecule has 0 aliphatic heterocycles. The lowest BCUT2D eigenvalue weighted by Crippen LogP contribution is -2.26. The lowest BCUT2D eigenvalue weighted by molar-refractivity contribution is 0.102. The molecule has 0 aliphatic rings. The van der Waals surface area contributed by atoms with Crippen molar-refractivity contribution < 1.29 is 9.90 Å². The molecule has 0 saturated carbocycles. The van der Waals surface area contributed by atoms with Gasteiger partial charge in [-0.2, -0.15) is 10.2 Å². The molecule has 0 radical (unpaired) electrons. The van der Waals surface area contributed by atoms with Crippen LogP contribution in [0.15, 0.2) is 42.5 Å². The van der Waals surface area contributed by atoms with Gasteiger partial charge in [0.05, 0.1) is 11.8 Å². The molecule has 0 spiro atoms. The molecule has 0 atom stereocenters. The molecular weight excluding hydrogens is 392 g/mol. The summed E-state index contributed by atoms with van der Waals surface area (Å²) in [6, 6.07) is 14.5. The highest BCUT2D eigenvalue weighted by Crippen LogP contribution is 2.29. The third-order valence-corrected chi connectivity index (χ3v) is 4.80. The van der Waals surface area contributed by atoms with Crippen molar-refractivity contribution >= 4 is 34.1 Å². The number of hydrogen-bond donors (Lipinski definition) is 3. The fourth-order valence-electron chi connectivity index (χ4n) is 3.32. The van der Waals surface area contributed by atoms with Crippen molar-refractivity contribution in [2.75, 3.05) is 35.2 Å². The Bertz CT molecular complexity index is 1110. The number of benzene rings is 2. The molecule has 1 amide bonds. The molecule has 8 nitrogen and oxygen atoms in total. The second-order valence-corrected chi connectivity index (χ2v) is 6.98. The standard InChI is InChI=1S/C23H26N6O2/c1-3-25-23-27-20(15-21(28-23)29(4-2)12-8-7-11-24)22(31)26-19-14-17(30)13-16-9-5-6-10-18(16)19/h5-6,9-10,13-15,30H,3-4,7-8,12H2,1-2H3,(H,26,31)(H,25,27,28). The topological polar surface area (TPSA) is 114 Å². The molecule has 8 heteroatoms. The van der Waals surface area contributed by atoms with Gasteiger partial charge in [0, 0.05) is 43.6 Å². The summed E-state index contributed by atoms with van der Waals surface area (Å²) in [5.41, 5.74) is 0.722. The van der Waals surface area contributed by atoms with Crippen LogP contribution in [0.5, 0.6) is 5.75 Å². The van der Waals surface area contributed by atoms with Crippen molar-refractivity contribution in [3.05, 3.63) is 48.2 Å². The van der Waals surface area contributed by atoms with Crippen LogP contribution in [0.25, 0.3) is 10.8 Å². The van der Waals surface area contributed by atoms with E-state index in [1.54, 1.807) is 12.1 Å². The number of anilines is 3. The number of carbonyl (C=O) groups is 1. The average Bonchev–Trinajstić information content (AvgIpc) is 2.76. The van der Waals surface area contributed by atoms with Gasteiger partial charge in [0.15, 0.2) is 0 Å². The number of phenolic OH excluding ortho intramolecular Hbond substituents is 1. The predicted molar refractivity (Wildman–Crippen MR) is 122 cm³/mol. The minimum atomic E-state index is -0.397. The fourth-order valence-corrected chi connectivity index (χ4v) is 3.32. The maximum Gasteiger partial charge on any atom is 0.274 e. The highest BCUT2D eigenvalue weighted by Gasteiger charge is 2.16. The van der Waals surface area contributed by atoms with E-state index >= 15 is 0 Å². The van der Waals surface area contributed by atoms with E-state index in [0.717, 1.165) is 10.8 Å². The first kappa shape index (κ1) is 21.8. The molecule has 3 aromatic rings. The number of nitriles is 1. The molecule has 1 aromatic heterocycles. The minimum absolute atomic E-state index is 0.0698. The second-order valence-electron chi connectivity index (χ2n) is 6.98. The molecule has 1 heterocycles. The summed E-state index contributed by atoms with van der Waals surface area (Å²) in [4.78, 5) is 24.0. The van der Waals surface area contributed by atoms with Crippen molar-refractivity contribution in [3.8, 4) is 11.8 Å². The number of fused-ring (bicyclic) bond motifs is 1. The van der Waals surface area contributed by atoms with Crippen molar-refractivity contribution in [2.24, 2.45) is 0 Å². The average molecular weight is 419 g/mol. The lowest BCUT2D eigenvalue weighted by Gasteiger charge is -2.22. The number of nitrogens with zero attached hydrogens (tertiary/aromatic N) is 4. The molecule has 0 aliphatic carbocycles. The van der Waals surface area contributed by atoms with Gasteiger partial charge in [-0.15, -0.1) is 0 Å². The van der Waals surface area contributed by atoms with Gasteiger partial charge in [0.2, 0.25) is 5.95 Å². The van der Waals surface area contributed by atoms with Crippen LogP contribution in [-0.2, 0) is 0 Å². The normalized spacial score (nSPS) is 10.5. The van der Waals surface area contributed by atoms with Gasteiger partial charge in [0.25, 0.3) is 5.91 Å². The molecule has 0 unspecified atom stereocenters. The monoisotopic (exact) mass is 418 g/mol. The third kappa shape index (κ3) is 5.39. The number of amides is 1. The van der Waals surface area contributed by atoms with Crippen LogP contribution in [0, 0.1) is 11.3 Å². The Morgan fingerprint density at radius 1 is 1.19 bits per heavy atom. The van der Waals surface area contributed by atoms with Crippen LogP contribution in [0.2, 0.25) is 0 Å². The first-order valence-corrected chi connectivity index (χ1v) is 10.3. The van der Waals surface area contributed by atoms with E-state index < -0.39 is 5.91 Å². The second kappa shape index (κ2) is 10.3. The van der Waals surface area contributed by atoms with Gasteiger partial charge in [-0.05, 0) is 31.7 Å². The summed E-state index contributed by atoms with van der Waals surface area (Å²) in [7, 11) is 0. The molecule has 160 valence electrons. The lowest BCUT2D eigenvalue weighted by atomic mass is 10.1. The first-order valence-electron chi connectivity index (χ1n) is 10.3. The van der Waals surface area contributed by atoms with E-state index in [-0.39, 0.29) is 11.4 Å². The van der Waals surface area contributed by atoms with E-state index in [9.17, 15) is 9.90 Å². The molecule has 2 aromatic carbocycles. The van der Waals surface area contributed by atoms with Crippen molar-refractivity contribution in [2.45, 2.75) is 26.7 Å². The van der Waals surface area contributed by atoms with E-state index in [1.807, 2.05) is 43.0 Å². The van der Waals surface area contributed by atoms with Crippen LogP contribution < -0.4 is 15.5 Å². The van der Waals surface area contributed by atoms with Gasteiger partial charge >= 0.3 is 0 Å². The molecule has 0 fully saturated rings. The summed E-state index contributed by atoms with van der Waals surface area (Å²) < 4.78 is 0. The Balaban J connectivity index is 1.93. The number of hydrogen-bond acceptors (Lipinski definition) is 7. The zero-order chi connectivity index (χ0) is 22.2. The van der Waals surface area contributed by atoms with Crippen LogP contribution in [-0.4, -0.2) is 40.6 Å². The molecule has 0 saturated heterocycles. The summed E-state index contributed by atoms with van der Waals surface area (Å²) >= 11 is 0. The Hall–Kier alpha value is -3.86. The van der Waals surface area contributed by atoms with E-state index in [2.05, 4.69) is 26.7 Å². The number of aromatic hydroxyl groups is 1. The fraction of sp³-hybridized carbons (Fsp3) is 0.304. The van der Waals surface area contributed by atoms with Gasteiger partial charge in [-0.1, -0.05) is 24.3 Å². The SMILES string of the molecule is CCNc1nc(C(=O)Nc2cc(O)cc3ccccc23)cc(N(CC)CCCC#N)n1. The smallest absolute Gasteiger partial charge is 0.274 e. The van der Waals surface area contributed by atoms with Crippen LogP contribution >= 0.6 is 0 Å². The molecule has 0 bridgehead atoms. The summed E-state index contributed by atoms with van der Waals surface area (Å²) in [6.07, 6.45) is 1.17. The summed E-state index contributed by atoms with van der Waals surface area (Å²) in [6.45, 7) is 5.89. The Morgan fingerprint density at radius 2 is 2.00 bits per heavy atom. The van der Waals surface area contributed by atoms with Crippen molar-refractivity contribution in [1.82, 2.24) is 9.97 Å². The molecule has 31 heavy (non-hydrogen) atoms. The number of carbonyl (C=O) groups excluding carboxylic acids is 1. The van der Waals surface area contributed by atoms with Crippen LogP contribution in [0.4, 0.5) is 17.5 Å². The third-order valence-electron chi connectivity index (χ3n) is 4.80. The highest BCUT2D eigenvalue weighted by atomic mass is 16.3. The first-order chi connectivity index (χ1) is 15.0. The zero-order valence-corrected chi connectivity index (χ0v) is 17.7. The maximum absolute atomic E-state index is 13.1. The molecular formula is C23H26N6O2. The van der Waals surface area contributed by atoms with Crippen molar-refractivity contribution in [1.29, 1.82) is 5.26 Å². The summed E-state index contributed by atoms with van der Waals surface area (Å²) in [5, 5.41) is 26.4. The highest BCUT2D eigenvalue weighted by molar-refractivity contribution is 6.09. The van der Waals surface area contributed by atoms with Gasteiger partial charge in [-0.25, -0.2) is 4.98 Å². The zero-order valence-electron chi connectivity index (χ0n) is 17.7. The van der Waals surface area contributed by atoms with Crippen LogP contribution in [0.3, 0.4) is 0 Å². The van der Waals surface area contributed by atoms with Crippen LogP contribution in [0.1, 0.15) is 37.2 Å². The largest absolute Gasteiger partial charge is 0.508 e. The number of aromatic nitrogens is 2. The van der Waals surface area contributed by atoms with Gasteiger partial charge in [-0.3, -0.25) is 4.79 Å². The Morgan fingerprint density at radius 3 is 2.74 bits per heavy atom. The summed E-state index contributed by atoms with van der Waals surface area (Å²) in [5.74, 6) is 0.661. The Kier molecular flexibility index (Phi) is 7.22. The quantitative estimate of drug-likeness (QED) is 0.447. The van der Waals surface area contributed by atoms with Crippen molar-refractivity contribution in [3.63, 3.8) is 0 Å². The number of nitrogens with one attached hydrogen (secondary N) is 2.